The molecule has 12 heavy (non-hydrogen) atoms. The predicted molar refractivity (Wildman–Crippen MR) is 57.9 cm³/mol. The third kappa shape index (κ3) is 3.90. The van der Waals surface area contributed by atoms with Crippen LogP contribution < -0.4 is 0 Å². The molecule has 0 aliphatic rings. The van der Waals surface area contributed by atoms with Gasteiger partial charge in [0.15, 0.2) is 0 Å². The van der Waals surface area contributed by atoms with Gasteiger partial charge in [-0.15, -0.1) is 0 Å². The van der Waals surface area contributed by atoms with Crippen molar-refractivity contribution in [1.29, 1.82) is 0 Å². The highest BCUT2D eigenvalue weighted by molar-refractivity contribution is 9.09. The molecule has 0 atom stereocenters. The summed E-state index contributed by atoms with van der Waals surface area (Å²) in [6.45, 7) is 8.42. The Bertz CT molecular complexity index is 91.7. The van der Waals surface area contributed by atoms with Crippen LogP contribution in [0.1, 0.15) is 40.0 Å². The Balaban J connectivity index is 3.76. The van der Waals surface area contributed by atoms with Gasteiger partial charge in [0, 0.05) is 17.4 Å². The topological polar surface area (TPSA) is 9.23 Å². The fourth-order valence-electron chi connectivity index (χ4n) is 1.11. The minimum atomic E-state index is 0.370. The second kappa shape index (κ2) is 6.90. The lowest BCUT2D eigenvalue weighted by Gasteiger charge is -2.28. The molecule has 0 heterocycles. The highest BCUT2D eigenvalue weighted by Gasteiger charge is 2.24. The summed E-state index contributed by atoms with van der Waals surface area (Å²) >= 11 is 3.57. The van der Waals surface area contributed by atoms with Gasteiger partial charge in [0.2, 0.25) is 0 Å². The largest absolute Gasteiger partial charge is 0.381 e. The fraction of sp³-hybridized carbons (Fsp3) is 1.00. The molecule has 0 fully saturated rings. The first-order valence-corrected chi connectivity index (χ1v) is 6.00. The Morgan fingerprint density at radius 1 is 1.17 bits per heavy atom. The van der Waals surface area contributed by atoms with Crippen LogP contribution >= 0.6 is 15.9 Å². The quantitative estimate of drug-likeness (QED) is 0.485. The summed E-state index contributed by atoms with van der Waals surface area (Å²) in [4.78, 5) is 0. The van der Waals surface area contributed by atoms with Crippen LogP contribution in [0.25, 0.3) is 0 Å². The average Bonchev–Trinajstić information content (AvgIpc) is 2.14. The zero-order valence-electron chi connectivity index (χ0n) is 8.53. The summed E-state index contributed by atoms with van der Waals surface area (Å²) < 4.78 is 5.59. The molecule has 0 rings (SSSR count). The van der Waals surface area contributed by atoms with Crippen LogP contribution in [-0.2, 0) is 4.74 Å². The maximum absolute atomic E-state index is 5.59. The number of alkyl halides is 1. The van der Waals surface area contributed by atoms with Gasteiger partial charge in [-0.05, 0) is 19.3 Å². The summed E-state index contributed by atoms with van der Waals surface area (Å²) in [6.07, 6.45) is 3.50. The summed E-state index contributed by atoms with van der Waals surface area (Å²) in [7, 11) is 0. The normalized spacial score (nSPS) is 12.0. The van der Waals surface area contributed by atoms with E-state index in [1.807, 2.05) is 0 Å². The molecule has 0 aromatic carbocycles. The summed E-state index contributed by atoms with van der Waals surface area (Å²) in [5.41, 5.74) is 0.370. The van der Waals surface area contributed by atoms with Crippen molar-refractivity contribution >= 4 is 15.9 Å². The van der Waals surface area contributed by atoms with E-state index < -0.39 is 0 Å². The van der Waals surface area contributed by atoms with E-state index in [0.717, 1.165) is 25.0 Å². The molecular formula is C10H21BrO. The lowest BCUT2D eigenvalue weighted by atomic mass is 9.86. The highest BCUT2D eigenvalue weighted by Crippen LogP contribution is 2.28. The Hall–Kier alpha value is 0.440. The number of hydrogen-bond donors (Lipinski definition) is 0. The zero-order chi connectivity index (χ0) is 9.45. The monoisotopic (exact) mass is 236 g/mol. The number of halogens is 1. The molecule has 0 amide bonds. The number of rotatable bonds is 7. The highest BCUT2D eigenvalue weighted by atomic mass is 79.9. The van der Waals surface area contributed by atoms with Crippen molar-refractivity contribution in [2.75, 3.05) is 18.5 Å². The van der Waals surface area contributed by atoms with Gasteiger partial charge in [0.05, 0.1) is 6.61 Å². The Morgan fingerprint density at radius 3 is 2.08 bits per heavy atom. The van der Waals surface area contributed by atoms with Crippen LogP contribution in [0.2, 0.25) is 0 Å². The maximum atomic E-state index is 5.59. The SMILES string of the molecule is CCCOCC(CC)(CC)CBr. The van der Waals surface area contributed by atoms with Crippen LogP contribution in [0.15, 0.2) is 0 Å². The van der Waals surface area contributed by atoms with E-state index in [1.165, 1.54) is 12.8 Å². The standard InChI is InChI=1S/C10H21BrO/c1-4-7-12-9-10(5-2,6-3)8-11/h4-9H2,1-3H3. The maximum Gasteiger partial charge on any atom is 0.0530 e. The smallest absolute Gasteiger partial charge is 0.0530 e. The summed E-state index contributed by atoms with van der Waals surface area (Å²) in [6, 6.07) is 0. The van der Waals surface area contributed by atoms with E-state index >= 15 is 0 Å². The van der Waals surface area contributed by atoms with E-state index in [4.69, 9.17) is 4.74 Å². The lowest BCUT2D eigenvalue weighted by Crippen LogP contribution is -2.27. The van der Waals surface area contributed by atoms with Crippen LogP contribution in [0.3, 0.4) is 0 Å². The van der Waals surface area contributed by atoms with E-state index in [0.29, 0.717) is 5.41 Å². The molecule has 0 saturated heterocycles. The first kappa shape index (κ1) is 12.4. The Morgan fingerprint density at radius 2 is 1.75 bits per heavy atom. The van der Waals surface area contributed by atoms with Gasteiger partial charge in [-0.3, -0.25) is 0 Å². The summed E-state index contributed by atoms with van der Waals surface area (Å²) in [5, 5.41) is 1.05. The van der Waals surface area contributed by atoms with E-state index in [1.54, 1.807) is 0 Å². The molecule has 74 valence electrons. The van der Waals surface area contributed by atoms with Crippen LogP contribution in [0, 0.1) is 5.41 Å². The molecule has 0 bridgehead atoms. The number of hydrogen-bond acceptors (Lipinski definition) is 1. The van der Waals surface area contributed by atoms with Crippen molar-refractivity contribution in [3.05, 3.63) is 0 Å². The molecule has 0 N–H and O–H groups in total. The van der Waals surface area contributed by atoms with E-state index in [9.17, 15) is 0 Å². The minimum Gasteiger partial charge on any atom is -0.381 e. The lowest BCUT2D eigenvalue weighted by molar-refractivity contribution is 0.0520. The molecule has 0 aliphatic heterocycles. The third-order valence-corrected chi connectivity index (χ3v) is 3.73. The van der Waals surface area contributed by atoms with Crippen LogP contribution in [0.4, 0.5) is 0 Å². The van der Waals surface area contributed by atoms with Crippen molar-refractivity contribution in [2.45, 2.75) is 40.0 Å². The second-order valence-electron chi connectivity index (χ2n) is 3.39. The molecule has 0 spiro atoms. The third-order valence-electron chi connectivity index (χ3n) is 2.54. The summed E-state index contributed by atoms with van der Waals surface area (Å²) in [5.74, 6) is 0. The molecular weight excluding hydrogens is 216 g/mol. The van der Waals surface area contributed by atoms with Crippen molar-refractivity contribution in [2.24, 2.45) is 5.41 Å². The average molecular weight is 237 g/mol. The van der Waals surface area contributed by atoms with Gasteiger partial charge in [-0.2, -0.15) is 0 Å². The zero-order valence-corrected chi connectivity index (χ0v) is 10.1. The van der Waals surface area contributed by atoms with Crippen LogP contribution in [-0.4, -0.2) is 18.5 Å². The fourth-order valence-corrected chi connectivity index (χ4v) is 2.07. The van der Waals surface area contributed by atoms with Crippen molar-refractivity contribution in [3.63, 3.8) is 0 Å². The van der Waals surface area contributed by atoms with Gasteiger partial charge in [-0.1, -0.05) is 36.7 Å². The molecule has 0 aromatic rings. The van der Waals surface area contributed by atoms with Gasteiger partial charge in [0.25, 0.3) is 0 Å². The predicted octanol–water partition coefficient (Wildman–Crippen LogP) is 3.61. The van der Waals surface area contributed by atoms with E-state index in [-0.39, 0.29) is 0 Å². The van der Waals surface area contributed by atoms with Crippen molar-refractivity contribution in [3.8, 4) is 0 Å². The Labute approximate surface area is 85.0 Å². The van der Waals surface area contributed by atoms with Crippen molar-refractivity contribution in [1.82, 2.24) is 0 Å². The van der Waals surface area contributed by atoms with Crippen molar-refractivity contribution < 1.29 is 4.74 Å². The first-order valence-electron chi connectivity index (χ1n) is 4.88. The van der Waals surface area contributed by atoms with Gasteiger partial charge in [-0.25, -0.2) is 0 Å². The first-order chi connectivity index (χ1) is 5.74. The Kier molecular flexibility index (Phi) is 7.16. The minimum absolute atomic E-state index is 0.370. The molecule has 0 aromatic heterocycles. The van der Waals surface area contributed by atoms with Crippen LogP contribution in [0.5, 0.6) is 0 Å². The molecule has 0 saturated carbocycles. The van der Waals surface area contributed by atoms with Gasteiger partial charge in [0.1, 0.15) is 0 Å². The van der Waals surface area contributed by atoms with Gasteiger partial charge >= 0.3 is 0 Å². The number of ether oxygens (including phenoxy) is 1. The van der Waals surface area contributed by atoms with Gasteiger partial charge < -0.3 is 4.74 Å². The molecule has 0 unspecified atom stereocenters. The molecule has 0 radical (unpaired) electrons. The second-order valence-corrected chi connectivity index (χ2v) is 3.95. The molecule has 2 heteroatoms. The molecule has 0 aliphatic carbocycles. The molecule has 1 nitrogen and oxygen atoms in total. The van der Waals surface area contributed by atoms with E-state index in [2.05, 4.69) is 36.7 Å².